The normalized spacial score (nSPS) is 21.4. The summed E-state index contributed by atoms with van der Waals surface area (Å²) in [4.78, 5) is 32.3. The van der Waals surface area contributed by atoms with Gasteiger partial charge in [0.05, 0.1) is 11.8 Å². The molecule has 0 saturated carbocycles. The van der Waals surface area contributed by atoms with Crippen LogP contribution in [-0.4, -0.2) is 57.3 Å². The van der Waals surface area contributed by atoms with Gasteiger partial charge in [0.2, 0.25) is 5.95 Å². The predicted octanol–water partition coefficient (Wildman–Crippen LogP) is 0.823. The van der Waals surface area contributed by atoms with Crippen LogP contribution >= 0.6 is 0 Å². The molecule has 2 aromatic rings. The van der Waals surface area contributed by atoms with Crippen molar-refractivity contribution in [2.45, 2.75) is 38.2 Å². The number of piperidine rings is 1. The van der Waals surface area contributed by atoms with E-state index in [9.17, 15) is 9.90 Å². The Hall–Kier alpha value is -2.48. The molecular weight excluding hydrogens is 332 g/mol. The van der Waals surface area contributed by atoms with Crippen molar-refractivity contribution in [2.75, 3.05) is 36.0 Å². The van der Waals surface area contributed by atoms with E-state index < -0.39 is 0 Å². The average Bonchev–Trinajstić information content (AvgIpc) is 3.08. The number of hydrogen-bond donors (Lipinski definition) is 2. The zero-order valence-electron chi connectivity index (χ0n) is 14.9. The van der Waals surface area contributed by atoms with E-state index in [0.717, 1.165) is 56.4 Å². The molecule has 8 heteroatoms. The molecule has 4 heterocycles. The average molecular weight is 356 g/mol. The van der Waals surface area contributed by atoms with Crippen molar-refractivity contribution in [1.82, 2.24) is 19.9 Å². The first-order valence-electron chi connectivity index (χ1n) is 9.17. The molecule has 2 N–H and O–H groups in total. The Balaban J connectivity index is 1.44. The lowest BCUT2D eigenvalue weighted by Gasteiger charge is -2.32. The summed E-state index contributed by atoms with van der Waals surface area (Å²) in [5.74, 6) is 2.57. The van der Waals surface area contributed by atoms with E-state index in [1.807, 2.05) is 13.0 Å². The fourth-order valence-electron chi connectivity index (χ4n) is 3.80. The fraction of sp³-hybridized carbons (Fsp3) is 0.556. The van der Waals surface area contributed by atoms with Gasteiger partial charge in [-0.25, -0.2) is 9.97 Å². The first kappa shape index (κ1) is 17.0. The second-order valence-corrected chi connectivity index (χ2v) is 7.12. The molecule has 2 aromatic heterocycles. The Labute approximate surface area is 151 Å². The highest BCUT2D eigenvalue weighted by molar-refractivity contribution is 5.45. The molecule has 2 aliphatic rings. The maximum Gasteiger partial charge on any atom is 0.251 e. The molecular formula is C18H24N6O2. The topological polar surface area (TPSA) is 98.2 Å². The number of hydrogen-bond acceptors (Lipinski definition) is 7. The zero-order valence-corrected chi connectivity index (χ0v) is 14.9. The minimum Gasteiger partial charge on any atom is -0.391 e. The lowest BCUT2D eigenvalue weighted by Crippen LogP contribution is -2.35. The molecule has 0 aliphatic carbocycles. The highest BCUT2D eigenvalue weighted by Gasteiger charge is 2.25. The Kier molecular flexibility index (Phi) is 4.58. The van der Waals surface area contributed by atoms with Gasteiger partial charge in [-0.2, -0.15) is 4.98 Å². The van der Waals surface area contributed by atoms with Crippen LogP contribution in [0.5, 0.6) is 0 Å². The van der Waals surface area contributed by atoms with E-state index >= 15 is 0 Å². The van der Waals surface area contributed by atoms with Crippen LogP contribution in [0.4, 0.5) is 11.8 Å². The van der Waals surface area contributed by atoms with E-state index in [1.165, 1.54) is 0 Å². The van der Waals surface area contributed by atoms with Crippen molar-refractivity contribution in [1.29, 1.82) is 0 Å². The van der Waals surface area contributed by atoms with Crippen LogP contribution in [0.3, 0.4) is 0 Å². The molecule has 8 nitrogen and oxygen atoms in total. The Morgan fingerprint density at radius 3 is 2.62 bits per heavy atom. The van der Waals surface area contributed by atoms with Gasteiger partial charge in [0.1, 0.15) is 11.6 Å². The number of β-amino-alcohol motifs (C(OH)–C–C–N with tert-alkyl or cyclic N) is 1. The van der Waals surface area contributed by atoms with Gasteiger partial charge >= 0.3 is 0 Å². The largest absolute Gasteiger partial charge is 0.391 e. The molecule has 138 valence electrons. The summed E-state index contributed by atoms with van der Waals surface area (Å²) in [5.41, 5.74) is 0.797. The third kappa shape index (κ3) is 3.55. The summed E-state index contributed by atoms with van der Waals surface area (Å²) in [6.07, 6.45) is 4.15. The highest BCUT2D eigenvalue weighted by Crippen LogP contribution is 2.28. The predicted molar refractivity (Wildman–Crippen MR) is 98.7 cm³/mol. The highest BCUT2D eigenvalue weighted by atomic mass is 16.3. The molecule has 2 saturated heterocycles. The van der Waals surface area contributed by atoms with Crippen LogP contribution in [0.2, 0.25) is 0 Å². The van der Waals surface area contributed by atoms with Gasteiger partial charge in [0.15, 0.2) is 0 Å². The second kappa shape index (κ2) is 7.03. The van der Waals surface area contributed by atoms with Crippen LogP contribution in [0.25, 0.3) is 0 Å². The first-order valence-corrected chi connectivity index (χ1v) is 9.17. The monoisotopic (exact) mass is 356 g/mol. The first-order chi connectivity index (χ1) is 12.6. The molecule has 0 bridgehead atoms. The lowest BCUT2D eigenvalue weighted by molar-refractivity contribution is 0.198. The van der Waals surface area contributed by atoms with Gasteiger partial charge < -0.3 is 19.9 Å². The van der Waals surface area contributed by atoms with E-state index in [0.29, 0.717) is 18.3 Å². The zero-order chi connectivity index (χ0) is 18.1. The number of aromatic nitrogens is 4. The Morgan fingerprint density at radius 2 is 1.92 bits per heavy atom. The molecule has 1 atom stereocenters. The molecule has 1 unspecified atom stereocenters. The summed E-state index contributed by atoms with van der Waals surface area (Å²) < 4.78 is 0. The number of nitrogens with zero attached hydrogens (tertiary/aromatic N) is 5. The summed E-state index contributed by atoms with van der Waals surface area (Å²) in [6.45, 7) is 4.95. The number of aliphatic hydroxyl groups excluding tert-OH is 1. The molecule has 26 heavy (non-hydrogen) atoms. The molecule has 0 amide bonds. The maximum atomic E-state index is 11.7. The van der Waals surface area contributed by atoms with Gasteiger partial charge in [-0.1, -0.05) is 0 Å². The number of aliphatic hydroxyl groups is 1. The van der Waals surface area contributed by atoms with Crippen LogP contribution < -0.4 is 15.4 Å². The number of nitrogens with one attached hydrogen (secondary N) is 1. The van der Waals surface area contributed by atoms with Crippen molar-refractivity contribution in [3.8, 4) is 0 Å². The lowest BCUT2D eigenvalue weighted by atomic mass is 9.93. The smallest absolute Gasteiger partial charge is 0.251 e. The number of rotatable bonds is 3. The molecule has 0 aromatic carbocycles. The third-order valence-electron chi connectivity index (χ3n) is 5.19. The molecule has 4 rings (SSSR count). The minimum absolute atomic E-state index is 0.0845. The van der Waals surface area contributed by atoms with Crippen LogP contribution in [0.1, 0.15) is 36.7 Å². The van der Waals surface area contributed by atoms with E-state index in [4.69, 9.17) is 4.98 Å². The minimum atomic E-state index is -0.269. The molecule has 2 aliphatic heterocycles. The summed E-state index contributed by atoms with van der Waals surface area (Å²) in [5, 5.41) is 9.73. The second-order valence-electron chi connectivity index (χ2n) is 7.12. The Bertz CT molecular complexity index is 830. The standard InChI is InChI=1S/C18H24N6O2/c1-12-20-15(10-17(26)21-12)13-3-7-23(8-4-13)18-19-6-2-16(22-18)24-9-5-14(25)11-24/h2,6,10,13-14,25H,3-5,7-9,11H2,1H3,(H,20,21,26). The maximum absolute atomic E-state index is 11.7. The number of anilines is 2. The number of aryl methyl sites for hydroxylation is 1. The Morgan fingerprint density at radius 1 is 1.15 bits per heavy atom. The van der Waals surface area contributed by atoms with Crippen molar-refractivity contribution >= 4 is 11.8 Å². The van der Waals surface area contributed by atoms with Crippen LogP contribution in [0, 0.1) is 6.92 Å². The van der Waals surface area contributed by atoms with E-state index in [2.05, 4.69) is 24.8 Å². The molecule has 0 spiro atoms. The van der Waals surface area contributed by atoms with Crippen molar-refractivity contribution in [2.24, 2.45) is 0 Å². The van der Waals surface area contributed by atoms with Gasteiger partial charge in [-0.3, -0.25) is 4.79 Å². The van der Waals surface area contributed by atoms with Gasteiger partial charge in [0.25, 0.3) is 5.56 Å². The number of H-pyrrole nitrogens is 1. The van der Waals surface area contributed by atoms with Crippen molar-refractivity contribution in [3.05, 3.63) is 40.2 Å². The van der Waals surface area contributed by atoms with E-state index in [-0.39, 0.29) is 11.7 Å². The molecule has 2 fully saturated rings. The van der Waals surface area contributed by atoms with E-state index in [1.54, 1.807) is 12.3 Å². The summed E-state index contributed by atoms with van der Waals surface area (Å²) >= 11 is 0. The van der Waals surface area contributed by atoms with Crippen molar-refractivity contribution in [3.63, 3.8) is 0 Å². The van der Waals surface area contributed by atoms with Gasteiger partial charge in [0, 0.05) is 44.4 Å². The molecule has 0 radical (unpaired) electrons. The summed E-state index contributed by atoms with van der Waals surface area (Å²) in [7, 11) is 0. The van der Waals surface area contributed by atoms with Crippen molar-refractivity contribution < 1.29 is 5.11 Å². The van der Waals surface area contributed by atoms with Crippen LogP contribution in [0.15, 0.2) is 23.1 Å². The SMILES string of the molecule is Cc1nc(C2CCN(c3nccc(N4CCC(O)C4)n3)CC2)cc(=O)[nH]1. The van der Waals surface area contributed by atoms with Gasteiger partial charge in [-0.05, 0) is 32.3 Å². The van der Waals surface area contributed by atoms with Crippen LogP contribution in [-0.2, 0) is 0 Å². The quantitative estimate of drug-likeness (QED) is 0.840. The summed E-state index contributed by atoms with van der Waals surface area (Å²) in [6, 6.07) is 3.51. The fourth-order valence-corrected chi connectivity index (χ4v) is 3.80. The number of aromatic amines is 1. The third-order valence-corrected chi connectivity index (χ3v) is 5.19. The van der Waals surface area contributed by atoms with Gasteiger partial charge in [-0.15, -0.1) is 0 Å².